The smallest absolute Gasteiger partial charge is 0.275 e. The Morgan fingerprint density at radius 2 is 1.75 bits per heavy atom. The molecule has 0 saturated carbocycles. The van der Waals surface area contributed by atoms with Gasteiger partial charge >= 0.3 is 0 Å². The summed E-state index contributed by atoms with van der Waals surface area (Å²) in [7, 11) is 0. The molecule has 6 nitrogen and oxygen atoms in total. The highest BCUT2D eigenvalue weighted by Crippen LogP contribution is 2.32. The highest BCUT2D eigenvalue weighted by molar-refractivity contribution is 6.44. The molecule has 0 aliphatic heterocycles. The molecule has 2 aromatic rings. The first kappa shape index (κ1) is 14.8. The number of aromatic nitrogens is 2. The molecule has 0 aliphatic carbocycles. The van der Waals surface area contributed by atoms with E-state index in [4.69, 9.17) is 40.6 Å². The monoisotopic (exact) mass is 331 g/mol. The van der Waals surface area contributed by atoms with Crippen LogP contribution in [0.15, 0.2) is 24.5 Å². The predicted octanol–water partition coefficient (Wildman–Crippen LogP) is 2.97. The van der Waals surface area contributed by atoms with Crippen LogP contribution in [0.4, 0.5) is 11.5 Å². The predicted molar refractivity (Wildman–Crippen MR) is 79.3 cm³/mol. The third kappa shape index (κ3) is 3.29. The van der Waals surface area contributed by atoms with E-state index in [2.05, 4.69) is 20.7 Å². The van der Waals surface area contributed by atoms with Crippen LogP contribution in [0.3, 0.4) is 0 Å². The van der Waals surface area contributed by atoms with Crippen molar-refractivity contribution in [3.63, 3.8) is 0 Å². The Morgan fingerprint density at radius 1 is 1.05 bits per heavy atom. The molecular weight excluding hydrogens is 325 g/mol. The molecule has 20 heavy (non-hydrogen) atoms. The van der Waals surface area contributed by atoms with E-state index in [9.17, 15) is 4.79 Å². The number of amides is 1. The second-order valence-corrected chi connectivity index (χ2v) is 4.85. The number of halogens is 3. The number of hydrogen-bond donors (Lipinski definition) is 3. The minimum Gasteiger partial charge on any atom is -0.319 e. The molecule has 0 aliphatic rings. The number of carbonyl (C=O) groups excluding carboxylic acids is 1. The van der Waals surface area contributed by atoms with Gasteiger partial charge in [0.15, 0.2) is 5.82 Å². The Hall–Kier alpha value is -1.60. The van der Waals surface area contributed by atoms with Gasteiger partial charge in [0.05, 0.1) is 33.1 Å². The average Bonchev–Trinajstić information content (AvgIpc) is 2.44. The number of rotatable bonds is 3. The minimum absolute atomic E-state index is 0.103. The number of nitrogens with one attached hydrogen (secondary N) is 2. The Bertz CT molecular complexity index is 647. The molecule has 2 rings (SSSR count). The SMILES string of the molecule is NNc1cnc(C(=O)Nc2cc(Cl)c(Cl)cc2Cl)cn1. The number of carbonyl (C=O) groups is 1. The van der Waals surface area contributed by atoms with Crippen LogP contribution in [0.2, 0.25) is 15.1 Å². The van der Waals surface area contributed by atoms with Gasteiger partial charge in [0, 0.05) is 0 Å². The van der Waals surface area contributed by atoms with Gasteiger partial charge in [-0.15, -0.1) is 0 Å². The molecule has 0 saturated heterocycles. The molecule has 0 fully saturated rings. The first-order valence-corrected chi connectivity index (χ1v) is 6.39. The van der Waals surface area contributed by atoms with Crippen molar-refractivity contribution in [2.75, 3.05) is 10.7 Å². The van der Waals surface area contributed by atoms with Crippen LogP contribution in [-0.2, 0) is 0 Å². The molecule has 1 aromatic heterocycles. The van der Waals surface area contributed by atoms with Crippen molar-refractivity contribution >= 4 is 52.2 Å². The normalized spacial score (nSPS) is 10.2. The topological polar surface area (TPSA) is 92.9 Å². The van der Waals surface area contributed by atoms with Gasteiger partial charge in [-0.1, -0.05) is 34.8 Å². The lowest BCUT2D eigenvalue weighted by Crippen LogP contribution is -2.15. The van der Waals surface area contributed by atoms with E-state index in [1.807, 2.05) is 0 Å². The number of nitrogen functional groups attached to an aromatic ring is 1. The lowest BCUT2D eigenvalue weighted by molar-refractivity contribution is 0.102. The number of hydrogen-bond acceptors (Lipinski definition) is 5. The standard InChI is InChI=1S/C11H8Cl3N5O/c12-5-1-7(14)8(2-6(5)13)18-11(20)9-3-17-10(19-15)4-16-9/h1-4H,15H2,(H,17,19)(H,18,20). The van der Waals surface area contributed by atoms with Crippen molar-refractivity contribution in [3.05, 3.63) is 45.3 Å². The maximum atomic E-state index is 12.0. The Morgan fingerprint density at radius 3 is 2.35 bits per heavy atom. The van der Waals surface area contributed by atoms with Crippen LogP contribution in [0, 0.1) is 0 Å². The van der Waals surface area contributed by atoms with Gasteiger partial charge in [-0.25, -0.2) is 15.8 Å². The maximum absolute atomic E-state index is 12.0. The third-order valence-electron chi connectivity index (χ3n) is 2.29. The molecule has 1 aromatic carbocycles. The van der Waals surface area contributed by atoms with Crippen LogP contribution in [-0.4, -0.2) is 15.9 Å². The Kier molecular flexibility index (Phi) is 4.61. The fourth-order valence-electron chi connectivity index (χ4n) is 1.32. The molecule has 0 atom stereocenters. The minimum atomic E-state index is -0.485. The molecule has 0 unspecified atom stereocenters. The van der Waals surface area contributed by atoms with Crippen LogP contribution in [0.5, 0.6) is 0 Å². The number of benzene rings is 1. The van der Waals surface area contributed by atoms with Gasteiger partial charge in [0.1, 0.15) is 5.69 Å². The Labute approximate surface area is 129 Å². The van der Waals surface area contributed by atoms with Crippen molar-refractivity contribution in [2.45, 2.75) is 0 Å². The lowest BCUT2D eigenvalue weighted by Gasteiger charge is -2.08. The van der Waals surface area contributed by atoms with Crippen molar-refractivity contribution in [2.24, 2.45) is 5.84 Å². The lowest BCUT2D eigenvalue weighted by atomic mass is 10.3. The summed E-state index contributed by atoms with van der Waals surface area (Å²) in [5.41, 5.74) is 2.74. The van der Waals surface area contributed by atoms with Crippen LogP contribution in [0.25, 0.3) is 0 Å². The van der Waals surface area contributed by atoms with E-state index >= 15 is 0 Å². The zero-order valence-electron chi connectivity index (χ0n) is 9.82. The summed E-state index contributed by atoms with van der Waals surface area (Å²) in [6, 6.07) is 2.89. The quantitative estimate of drug-likeness (QED) is 0.456. The molecule has 104 valence electrons. The van der Waals surface area contributed by atoms with Crippen molar-refractivity contribution in [1.29, 1.82) is 0 Å². The average molecular weight is 333 g/mol. The van der Waals surface area contributed by atoms with E-state index in [1.54, 1.807) is 0 Å². The second kappa shape index (κ2) is 6.23. The fraction of sp³-hybridized carbons (Fsp3) is 0. The van der Waals surface area contributed by atoms with Crippen LogP contribution < -0.4 is 16.6 Å². The van der Waals surface area contributed by atoms with Crippen LogP contribution in [0.1, 0.15) is 10.5 Å². The highest BCUT2D eigenvalue weighted by atomic mass is 35.5. The van der Waals surface area contributed by atoms with Crippen molar-refractivity contribution in [1.82, 2.24) is 9.97 Å². The Balaban J connectivity index is 2.20. The zero-order chi connectivity index (χ0) is 14.7. The zero-order valence-corrected chi connectivity index (χ0v) is 12.1. The van der Waals surface area contributed by atoms with Gasteiger partial charge in [-0.3, -0.25) is 4.79 Å². The summed E-state index contributed by atoms with van der Waals surface area (Å²) in [5.74, 6) is 5.01. The molecule has 0 spiro atoms. The van der Waals surface area contributed by atoms with Gasteiger partial charge in [-0.2, -0.15) is 0 Å². The molecule has 4 N–H and O–H groups in total. The number of anilines is 2. The number of nitrogens with zero attached hydrogens (tertiary/aromatic N) is 2. The third-order valence-corrected chi connectivity index (χ3v) is 3.33. The summed E-state index contributed by atoms with van der Waals surface area (Å²) < 4.78 is 0. The van der Waals surface area contributed by atoms with Gasteiger partial charge < -0.3 is 10.7 Å². The largest absolute Gasteiger partial charge is 0.319 e. The maximum Gasteiger partial charge on any atom is 0.275 e. The summed E-state index contributed by atoms with van der Waals surface area (Å²) in [6.45, 7) is 0. The van der Waals surface area contributed by atoms with Crippen molar-refractivity contribution < 1.29 is 4.79 Å². The molecule has 0 radical (unpaired) electrons. The van der Waals surface area contributed by atoms with Gasteiger partial charge in [-0.05, 0) is 12.1 Å². The summed E-state index contributed by atoms with van der Waals surface area (Å²) in [5, 5.41) is 3.41. The van der Waals surface area contributed by atoms with E-state index in [0.717, 1.165) is 0 Å². The van der Waals surface area contributed by atoms with E-state index < -0.39 is 5.91 Å². The number of nitrogens with two attached hydrogens (primary N) is 1. The molecule has 9 heteroatoms. The van der Waals surface area contributed by atoms with Crippen molar-refractivity contribution in [3.8, 4) is 0 Å². The molecule has 0 bridgehead atoms. The summed E-state index contributed by atoms with van der Waals surface area (Å²) in [6.07, 6.45) is 2.60. The first-order valence-electron chi connectivity index (χ1n) is 5.26. The number of hydrazine groups is 1. The van der Waals surface area contributed by atoms with E-state index in [-0.39, 0.29) is 15.7 Å². The molecule has 1 amide bonds. The van der Waals surface area contributed by atoms with Gasteiger partial charge in [0.25, 0.3) is 5.91 Å². The molecular formula is C11H8Cl3N5O. The van der Waals surface area contributed by atoms with Crippen LogP contribution >= 0.6 is 34.8 Å². The highest BCUT2D eigenvalue weighted by Gasteiger charge is 2.12. The van der Waals surface area contributed by atoms with Gasteiger partial charge in [0.2, 0.25) is 0 Å². The summed E-state index contributed by atoms with van der Waals surface area (Å²) >= 11 is 17.6. The van der Waals surface area contributed by atoms with E-state index in [1.165, 1.54) is 24.5 Å². The second-order valence-electron chi connectivity index (χ2n) is 3.63. The molecule has 1 heterocycles. The summed E-state index contributed by atoms with van der Waals surface area (Å²) in [4.78, 5) is 19.7. The first-order chi connectivity index (χ1) is 9.51. The fourth-order valence-corrected chi connectivity index (χ4v) is 1.92. The van der Waals surface area contributed by atoms with E-state index in [0.29, 0.717) is 16.5 Å².